The van der Waals surface area contributed by atoms with Gasteiger partial charge in [0.1, 0.15) is 0 Å². The second kappa shape index (κ2) is 8.93. The van der Waals surface area contributed by atoms with Crippen LogP contribution in [0.5, 0.6) is 0 Å². The van der Waals surface area contributed by atoms with E-state index in [2.05, 4.69) is 30.1 Å². The number of aryl methyl sites for hydroxylation is 1. The molecule has 5 heteroatoms. The van der Waals surface area contributed by atoms with Gasteiger partial charge >= 0.3 is 0 Å². The van der Waals surface area contributed by atoms with Gasteiger partial charge in [0, 0.05) is 40.6 Å². The number of benzene rings is 2. The first-order valence-corrected chi connectivity index (χ1v) is 9.00. The van der Waals surface area contributed by atoms with Crippen LogP contribution in [0.3, 0.4) is 0 Å². The van der Waals surface area contributed by atoms with Crippen molar-refractivity contribution in [2.75, 3.05) is 23.3 Å². The molecule has 0 unspecified atom stereocenters. The molecule has 3 nitrogen and oxygen atoms in total. The highest BCUT2D eigenvalue weighted by molar-refractivity contribution is 6.35. The van der Waals surface area contributed by atoms with Gasteiger partial charge in [0.2, 0.25) is 5.91 Å². The van der Waals surface area contributed by atoms with E-state index in [0.29, 0.717) is 10.0 Å². The first-order valence-electron chi connectivity index (χ1n) is 8.24. The Balaban J connectivity index is 2.08. The van der Waals surface area contributed by atoms with Gasteiger partial charge in [-0.1, -0.05) is 29.3 Å². The Kier molecular flexibility index (Phi) is 6.91. The minimum Gasteiger partial charge on any atom is -0.372 e. The maximum absolute atomic E-state index is 12.2. The Morgan fingerprint density at radius 2 is 1.84 bits per heavy atom. The summed E-state index contributed by atoms with van der Waals surface area (Å²) in [6.07, 6.45) is 3.14. The predicted octanol–water partition coefficient (Wildman–Crippen LogP) is 5.80. The number of hydrogen-bond acceptors (Lipinski definition) is 2. The van der Waals surface area contributed by atoms with Gasteiger partial charge in [-0.3, -0.25) is 4.79 Å². The quantitative estimate of drug-likeness (QED) is 0.646. The number of nitrogens with zero attached hydrogens (tertiary/aromatic N) is 1. The van der Waals surface area contributed by atoms with Gasteiger partial charge < -0.3 is 10.2 Å². The van der Waals surface area contributed by atoms with Crippen molar-refractivity contribution >= 4 is 46.6 Å². The molecule has 132 valence electrons. The number of nitrogens with one attached hydrogen (secondary N) is 1. The number of rotatable bonds is 6. The van der Waals surface area contributed by atoms with Crippen LogP contribution in [0, 0.1) is 6.92 Å². The number of carbonyl (C=O) groups excluding carboxylic acids is 1. The van der Waals surface area contributed by atoms with E-state index in [-0.39, 0.29) is 5.91 Å². The molecule has 0 aromatic heterocycles. The van der Waals surface area contributed by atoms with Crippen LogP contribution >= 0.6 is 23.2 Å². The Morgan fingerprint density at radius 1 is 1.12 bits per heavy atom. The van der Waals surface area contributed by atoms with Gasteiger partial charge in [0.15, 0.2) is 0 Å². The van der Waals surface area contributed by atoms with Crippen molar-refractivity contribution in [2.45, 2.75) is 20.8 Å². The molecule has 1 amide bonds. The monoisotopic (exact) mass is 376 g/mol. The Bertz CT molecular complexity index is 783. The molecule has 1 N–H and O–H groups in total. The van der Waals surface area contributed by atoms with E-state index in [1.807, 2.05) is 19.1 Å². The third-order valence-electron chi connectivity index (χ3n) is 3.97. The maximum Gasteiger partial charge on any atom is 0.248 e. The van der Waals surface area contributed by atoms with E-state index in [0.717, 1.165) is 35.6 Å². The van der Waals surface area contributed by atoms with Crippen LogP contribution in [0.15, 0.2) is 42.5 Å². The summed E-state index contributed by atoms with van der Waals surface area (Å²) >= 11 is 12.0. The van der Waals surface area contributed by atoms with Gasteiger partial charge in [0.25, 0.3) is 0 Å². The van der Waals surface area contributed by atoms with Crippen molar-refractivity contribution < 1.29 is 4.79 Å². The molecule has 0 heterocycles. The summed E-state index contributed by atoms with van der Waals surface area (Å²) < 4.78 is 0. The fraction of sp³-hybridized carbons (Fsp3) is 0.250. The van der Waals surface area contributed by atoms with E-state index in [9.17, 15) is 4.79 Å². The smallest absolute Gasteiger partial charge is 0.248 e. The standard InChI is InChI=1S/C20H22Cl2N2O/c1-4-24(5-2)17-9-10-19(14(3)12-17)23-20(25)11-7-15-6-8-16(21)13-18(15)22/h6-13H,4-5H2,1-3H3,(H,23,25)/b11-7+. The Hall–Kier alpha value is -1.97. The molecule has 0 bridgehead atoms. The number of halogens is 2. The molecule has 0 fully saturated rings. The molecule has 0 radical (unpaired) electrons. The summed E-state index contributed by atoms with van der Waals surface area (Å²) in [5, 5.41) is 3.98. The number of amides is 1. The number of hydrogen-bond donors (Lipinski definition) is 1. The van der Waals surface area contributed by atoms with Crippen LogP contribution in [0.4, 0.5) is 11.4 Å². The predicted molar refractivity (Wildman–Crippen MR) is 109 cm³/mol. The zero-order valence-corrected chi connectivity index (χ0v) is 16.2. The van der Waals surface area contributed by atoms with E-state index in [4.69, 9.17) is 23.2 Å². The lowest BCUT2D eigenvalue weighted by Crippen LogP contribution is -2.22. The molecule has 2 aromatic carbocycles. The van der Waals surface area contributed by atoms with E-state index in [1.165, 1.54) is 6.08 Å². The molecular weight excluding hydrogens is 355 g/mol. The SMILES string of the molecule is CCN(CC)c1ccc(NC(=O)/C=C/c2ccc(Cl)cc2Cl)c(C)c1. The van der Waals surface area contributed by atoms with Crippen LogP contribution in [0.25, 0.3) is 6.08 Å². The molecule has 0 spiro atoms. The third kappa shape index (κ3) is 5.25. The molecule has 0 atom stereocenters. The molecule has 0 saturated carbocycles. The minimum absolute atomic E-state index is 0.204. The molecule has 2 aromatic rings. The second-order valence-corrected chi connectivity index (χ2v) is 6.50. The summed E-state index contributed by atoms with van der Waals surface area (Å²) in [6, 6.07) is 11.2. The van der Waals surface area contributed by atoms with Gasteiger partial charge in [-0.2, -0.15) is 0 Å². The highest BCUT2D eigenvalue weighted by atomic mass is 35.5. The van der Waals surface area contributed by atoms with Crippen LogP contribution in [-0.4, -0.2) is 19.0 Å². The van der Waals surface area contributed by atoms with E-state index in [1.54, 1.807) is 24.3 Å². The summed E-state index contributed by atoms with van der Waals surface area (Å²) in [4.78, 5) is 14.4. The van der Waals surface area contributed by atoms with Gasteiger partial charge in [-0.05, 0) is 68.3 Å². The summed E-state index contributed by atoms with van der Waals surface area (Å²) in [7, 11) is 0. The lowest BCUT2D eigenvalue weighted by atomic mass is 10.1. The zero-order chi connectivity index (χ0) is 18.4. The fourth-order valence-corrected chi connectivity index (χ4v) is 3.02. The molecular formula is C20H22Cl2N2O. The Labute approximate surface area is 159 Å². The van der Waals surface area contributed by atoms with Crippen molar-refractivity contribution in [2.24, 2.45) is 0 Å². The largest absolute Gasteiger partial charge is 0.372 e. The van der Waals surface area contributed by atoms with Gasteiger partial charge in [-0.15, -0.1) is 0 Å². The Morgan fingerprint density at radius 3 is 2.44 bits per heavy atom. The lowest BCUT2D eigenvalue weighted by Gasteiger charge is -2.22. The number of anilines is 2. The van der Waals surface area contributed by atoms with Crippen LogP contribution in [0.2, 0.25) is 10.0 Å². The molecule has 0 aliphatic carbocycles. The van der Waals surface area contributed by atoms with Crippen LogP contribution < -0.4 is 10.2 Å². The third-order valence-corrected chi connectivity index (χ3v) is 4.54. The number of carbonyl (C=O) groups is 1. The topological polar surface area (TPSA) is 32.3 Å². The van der Waals surface area contributed by atoms with Crippen molar-refractivity contribution in [3.63, 3.8) is 0 Å². The summed E-state index contributed by atoms with van der Waals surface area (Å²) in [5.74, 6) is -0.204. The second-order valence-electron chi connectivity index (χ2n) is 5.66. The maximum atomic E-state index is 12.2. The van der Waals surface area contributed by atoms with Crippen molar-refractivity contribution in [1.82, 2.24) is 0 Å². The van der Waals surface area contributed by atoms with E-state index >= 15 is 0 Å². The normalized spacial score (nSPS) is 10.9. The first kappa shape index (κ1) is 19.4. The summed E-state index contributed by atoms with van der Waals surface area (Å²) in [5.41, 5.74) is 3.72. The first-order chi connectivity index (χ1) is 11.9. The van der Waals surface area contributed by atoms with Crippen molar-refractivity contribution in [1.29, 1.82) is 0 Å². The average molecular weight is 377 g/mol. The fourth-order valence-electron chi connectivity index (χ4n) is 2.55. The van der Waals surface area contributed by atoms with Gasteiger partial charge in [0.05, 0.1) is 0 Å². The lowest BCUT2D eigenvalue weighted by molar-refractivity contribution is -0.111. The van der Waals surface area contributed by atoms with Gasteiger partial charge in [-0.25, -0.2) is 0 Å². The average Bonchev–Trinajstić information content (AvgIpc) is 2.57. The highest BCUT2D eigenvalue weighted by Crippen LogP contribution is 2.24. The minimum atomic E-state index is -0.204. The van der Waals surface area contributed by atoms with Crippen molar-refractivity contribution in [3.8, 4) is 0 Å². The van der Waals surface area contributed by atoms with Crippen molar-refractivity contribution in [3.05, 3.63) is 63.6 Å². The van der Waals surface area contributed by atoms with Crippen LogP contribution in [0.1, 0.15) is 25.0 Å². The molecule has 0 aliphatic heterocycles. The zero-order valence-electron chi connectivity index (χ0n) is 14.6. The molecule has 25 heavy (non-hydrogen) atoms. The highest BCUT2D eigenvalue weighted by Gasteiger charge is 2.07. The molecule has 0 saturated heterocycles. The molecule has 2 rings (SSSR count). The molecule has 0 aliphatic rings. The van der Waals surface area contributed by atoms with Crippen LogP contribution in [-0.2, 0) is 4.79 Å². The van der Waals surface area contributed by atoms with E-state index < -0.39 is 0 Å². The summed E-state index contributed by atoms with van der Waals surface area (Å²) in [6.45, 7) is 8.14.